The summed E-state index contributed by atoms with van der Waals surface area (Å²) in [6, 6.07) is 6.45. The van der Waals surface area contributed by atoms with Crippen LogP contribution in [-0.4, -0.2) is 33.3 Å². The Morgan fingerprint density at radius 2 is 1.84 bits per heavy atom. The molecule has 0 radical (unpaired) electrons. The van der Waals surface area contributed by atoms with Gasteiger partial charge in [-0.15, -0.1) is 0 Å². The second-order valence-electron chi connectivity index (χ2n) is 5.60. The van der Waals surface area contributed by atoms with Gasteiger partial charge in [0.15, 0.2) is 0 Å². The van der Waals surface area contributed by atoms with Gasteiger partial charge in [0.1, 0.15) is 5.75 Å². The summed E-state index contributed by atoms with van der Waals surface area (Å²) in [5, 5.41) is 6.83. The standard InChI is InChI=1S/C16H28N2O/c1-6-17-9-10-18-12-16(3,4)14-7-8-15(19-5)13(2)11-14/h7-8,11,17-18H,6,9-10,12H2,1-5H3. The maximum absolute atomic E-state index is 5.31. The molecule has 1 aromatic rings. The van der Waals surface area contributed by atoms with Crippen LogP contribution in [0.2, 0.25) is 0 Å². The van der Waals surface area contributed by atoms with Gasteiger partial charge in [0.2, 0.25) is 0 Å². The van der Waals surface area contributed by atoms with Crippen LogP contribution in [0.15, 0.2) is 18.2 Å². The number of likely N-dealkylation sites (N-methyl/N-ethyl adjacent to an activating group) is 1. The summed E-state index contributed by atoms with van der Waals surface area (Å²) in [4.78, 5) is 0. The van der Waals surface area contributed by atoms with E-state index in [0.717, 1.165) is 31.9 Å². The summed E-state index contributed by atoms with van der Waals surface area (Å²) in [5.41, 5.74) is 2.67. The van der Waals surface area contributed by atoms with Crippen molar-refractivity contribution in [3.63, 3.8) is 0 Å². The molecule has 19 heavy (non-hydrogen) atoms. The minimum Gasteiger partial charge on any atom is -0.496 e. The van der Waals surface area contributed by atoms with Crippen LogP contribution < -0.4 is 15.4 Å². The van der Waals surface area contributed by atoms with Gasteiger partial charge in [-0.3, -0.25) is 0 Å². The maximum atomic E-state index is 5.31. The van der Waals surface area contributed by atoms with E-state index >= 15 is 0 Å². The summed E-state index contributed by atoms with van der Waals surface area (Å²) < 4.78 is 5.31. The van der Waals surface area contributed by atoms with Crippen molar-refractivity contribution in [2.24, 2.45) is 0 Å². The Morgan fingerprint density at radius 3 is 2.42 bits per heavy atom. The maximum Gasteiger partial charge on any atom is 0.121 e. The van der Waals surface area contributed by atoms with Gasteiger partial charge in [0, 0.05) is 25.0 Å². The molecule has 0 aliphatic heterocycles. The highest BCUT2D eigenvalue weighted by Crippen LogP contribution is 2.27. The molecule has 0 saturated heterocycles. The fraction of sp³-hybridized carbons (Fsp3) is 0.625. The van der Waals surface area contributed by atoms with Gasteiger partial charge in [-0.05, 0) is 30.7 Å². The van der Waals surface area contributed by atoms with Crippen LogP contribution in [0.5, 0.6) is 5.75 Å². The van der Waals surface area contributed by atoms with E-state index in [2.05, 4.69) is 56.5 Å². The lowest BCUT2D eigenvalue weighted by atomic mass is 9.83. The number of rotatable bonds is 8. The van der Waals surface area contributed by atoms with Crippen LogP contribution in [0.25, 0.3) is 0 Å². The van der Waals surface area contributed by atoms with Crippen molar-refractivity contribution in [1.29, 1.82) is 0 Å². The predicted octanol–water partition coefficient (Wildman–Crippen LogP) is 2.48. The highest BCUT2D eigenvalue weighted by atomic mass is 16.5. The van der Waals surface area contributed by atoms with Crippen LogP contribution in [-0.2, 0) is 5.41 Å². The molecule has 0 spiro atoms. The van der Waals surface area contributed by atoms with E-state index in [1.165, 1.54) is 11.1 Å². The summed E-state index contributed by atoms with van der Waals surface area (Å²) in [5.74, 6) is 0.958. The number of hydrogen-bond donors (Lipinski definition) is 2. The number of methoxy groups -OCH3 is 1. The molecule has 0 bridgehead atoms. The average molecular weight is 264 g/mol. The van der Waals surface area contributed by atoms with E-state index in [4.69, 9.17) is 4.74 Å². The monoisotopic (exact) mass is 264 g/mol. The molecule has 3 heteroatoms. The van der Waals surface area contributed by atoms with Crippen molar-refractivity contribution < 1.29 is 4.74 Å². The largest absolute Gasteiger partial charge is 0.496 e. The number of hydrogen-bond acceptors (Lipinski definition) is 3. The van der Waals surface area contributed by atoms with Gasteiger partial charge < -0.3 is 15.4 Å². The predicted molar refractivity (Wildman–Crippen MR) is 82.2 cm³/mol. The summed E-state index contributed by atoms with van der Waals surface area (Å²) >= 11 is 0. The molecule has 0 saturated carbocycles. The van der Waals surface area contributed by atoms with Gasteiger partial charge in [-0.1, -0.05) is 32.9 Å². The smallest absolute Gasteiger partial charge is 0.121 e. The highest BCUT2D eigenvalue weighted by molar-refractivity contribution is 5.39. The lowest BCUT2D eigenvalue weighted by molar-refractivity contribution is 0.410. The fourth-order valence-corrected chi connectivity index (χ4v) is 2.16. The molecule has 0 aromatic heterocycles. The molecule has 108 valence electrons. The molecule has 0 aliphatic rings. The van der Waals surface area contributed by atoms with Crippen LogP contribution >= 0.6 is 0 Å². The molecule has 1 rings (SSSR count). The molecule has 0 amide bonds. The fourth-order valence-electron chi connectivity index (χ4n) is 2.16. The van der Waals surface area contributed by atoms with E-state index in [-0.39, 0.29) is 5.41 Å². The Kier molecular flexibility index (Phi) is 6.32. The van der Waals surface area contributed by atoms with Gasteiger partial charge in [0.05, 0.1) is 7.11 Å². The first-order valence-electron chi connectivity index (χ1n) is 7.08. The van der Waals surface area contributed by atoms with Gasteiger partial charge in [0.25, 0.3) is 0 Å². The summed E-state index contributed by atoms with van der Waals surface area (Å²) in [6.45, 7) is 12.8. The van der Waals surface area contributed by atoms with E-state index in [1.54, 1.807) is 7.11 Å². The van der Waals surface area contributed by atoms with Crippen LogP contribution in [0.4, 0.5) is 0 Å². The summed E-state index contributed by atoms with van der Waals surface area (Å²) in [7, 11) is 1.72. The second kappa shape index (κ2) is 7.51. The van der Waals surface area contributed by atoms with E-state index in [1.807, 2.05) is 0 Å². The Balaban J connectivity index is 2.58. The average Bonchev–Trinajstić information content (AvgIpc) is 2.38. The van der Waals surface area contributed by atoms with Crippen molar-refractivity contribution in [3.8, 4) is 5.75 Å². The zero-order valence-electron chi connectivity index (χ0n) is 13.0. The van der Waals surface area contributed by atoms with E-state index in [0.29, 0.717) is 0 Å². The molecule has 2 N–H and O–H groups in total. The van der Waals surface area contributed by atoms with Crippen molar-refractivity contribution >= 4 is 0 Å². The third-order valence-electron chi connectivity index (χ3n) is 3.47. The molecule has 0 fully saturated rings. The summed E-state index contributed by atoms with van der Waals surface area (Å²) in [6.07, 6.45) is 0. The highest BCUT2D eigenvalue weighted by Gasteiger charge is 2.20. The molecule has 3 nitrogen and oxygen atoms in total. The molecule has 0 heterocycles. The van der Waals surface area contributed by atoms with Gasteiger partial charge >= 0.3 is 0 Å². The zero-order chi connectivity index (χ0) is 14.3. The Labute approximate surface area is 117 Å². The molecule has 0 unspecified atom stereocenters. The third kappa shape index (κ3) is 4.84. The van der Waals surface area contributed by atoms with Crippen LogP contribution in [0.3, 0.4) is 0 Å². The van der Waals surface area contributed by atoms with Crippen molar-refractivity contribution in [2.75, 3.05) is 33.3 Å². The Bertz CT molecular complexity index is 388. The first kappa shape index (κ1) is 16.0. The lowest BCUT2D eigenvalue weighted by Crippen LogP contribution is -2.36. The lowest BCUT2D eigenvalue weighted by Gasteiger charge is -2.26. The van der Waals surface area contributed by atoms with Crippen molar-refractivity contribution in [1.82, 2.24) is 10.6 Å². The molecule has 0 atom stereocenters. The normalized spacial score (nSPS) is 11.6. The molecule has 1 aromatic carbocycles. The molecular formula is C16H28N2O. The number of benzene rings is 1. The Morgan fingerprint density at radius 1 is 1.16 bits per heavy atom. The molecular weight excluding hydrogens is 236 g/mol. The minimum absolute atomic E-state index is 0.128. The first-order valence-corrected chi connectivity index (χ1v) is 7.08. The third-order valence-corrected chi connectivity index (χ3v) is 3.47. The number of aryl methyl sites for hydroxylation is 1. The van der Waals surface area contributed by atoms with Crippen LogP contribution in [0.1, 0.15) is 31.9 Å². The number of nitrogens with one attached hydrogen (secondary N) is 2. The van der Waals surface area contributed by atoms with E-state index in [9.17, 15) is 0 Å². The number of ether oxygens (including phenoxy) is 1. The van der Waals surface area contributed by atoms with Crippen LogP contribution in [0, 0.1) is 6.92 Å². The van der Waals surface area contributed by atoms with Gasteiger partial charge in [-0.25, -0.2) is 0 Å². The second-order valence-corrected chi connectivity index (χ2v) is 5.60. The SMILES string of the molecule is CCNCCNCC(C)(C)c1ccc(OC)c(C)c1. The van der Waals surface area contributed by atoms with E-state index < -0.39 is 0 Å². The molecule has 0 aliphatic carbocycles. The Hall–Kier alpha value is -1.06. The zero-order valence-corrected chi connectivity index (χ0v) is 13.0. The topological polar surface area (TPSA) is 33.3 Å². The first-order chi connectivity index (χ1) is 9.01. The van der Waals surface area contributed by atoms with Crippen molar-refractivity contribution in [3.05, 3.63) is 29.3 Å². The quantitative estimate of drug-likeness (QED) is 0.708. The minimum atomic E-state index is 0.128. The van der Waals surface area contributed by atoms with Crippen molar-refractivity contribution in [2.45, 2.75) is 33.1 Å². The van der Waals surface area contributed by atoms with Gasteiger partial charge in [-0.2, -0.15) is 0 Å².